The van der Waals surface area contributed by atoms with Gasteiger partial charge < -0.3 is 9.63 Å². The Labute approximate surface area is 93.7 Å². The molecule has 0 aliphatic carbocycles. The molecular formula is C10H7F3N2O2. The lowest BCUT2D eigenvalue weighted by molar-refractivity contribution is -0.146. The second-order valence-corrected chi connectivity index (χ2v) is 3.44. The van der Waals surface area contributed by atoms with E-state index in [1.165, 1.54) is 12.1 Å². The summed E-state index contributed by atoms with van der Waals surface area (Å²) in [6.07, 6.45) is -4.67. The third kappa shape index (κ3) is 2.22. The summed E-state index contributed by atoms with van der Waals surface area (Å²) in [4.78, 5) is 3.19. The fraction of sp³-hybridized carbons (Fsp3) is 0.200. The van der Waals surface area contributed by atoms with Gasteiger partial charge in [0.25, 0.3) is 11.7 Å². The predicted molar refractivity (Wildman–Crippen MR) is 51.1 cm³/mol. The third-order valence-electron chi connectivity index (χ3n) is 2.06. The van der Waals surface area contributed by atoms with E-state index in [4.69, 9.17) is 0 Å². The van der Waals surface area contributed by atoms with E-state index in [0.29, 0.717) is 0 Å². The molecule has 0 unspecified atom stereocenters. The van der Waals surface area contributed by atoms with Crippen LogP contribution < -0.4 is 0 Å². The van der Waals surface area contributed by atoms with Gasteiger partial charge in [0.2, 0.25) is 0 Å². The molecule has 0 amide bonds. The molecule has 0 radical (unpaired) electrons. The SMILES string of the molecule is Cc1ccc(O)c(-c2nc(C(F)(F)F)no2)c1. The first-order valence-corrected chi connectivity index (χ1v) is 4.59. The van der Waals surface area contributed by atoms with Crippen LogP contribution in [-0.2, 0) is 6.18 Å². The standard InChI is InChI=1S/C10H7F3N2O2/c1-5-2-3-7(16)6(4-5)8-14-9(15-17-8)10(11,12)13/h2-4,16H,1H3. The average molecular weight is 244 g/mol. The van der Waals surface area contributed by atoms with Crippen molar-refractivity contribution in [3.05, 3.63) is 29.6 Å². The number of phenols is 1. The Balaban J connectivity index is 2.47. The summed E-state index contributed by atoms with van der Waals surface area (Å²) in [6.45, 7) is 1.73. The topological polar surface area (TPSA) is 59.2 Å². The van der Waals surface area contributed by atoms with Gasteiger partial charge in [-0.1, -0.05) is 16.8 Å². The van der Waals surface area contributed by atoms with Crippen LogP contribution in [0.15, 0.2) is 22.7 Å². The van der Waals surface area contributed by atoms with Gasteiger partial charge in [0, 0.05) is 0 Å². The van der Waals surface area contributed by atoms with Crippen LogP contribution in [0.2, 0.25) is 0 Å². The van der Waals surface area contributed by atoms with Crippen molar-refractivity contribution in [3.8, 4) is 17.2 Å². The molecule has 7 heteroatoms. The predicted octanol–water partition coefficient (Wildman–Crippen LogP) is 2.77. The number of aromatic nitrogens is 2. The molecule has 2 rings (SSSR count). The highest BCUT2D eigenvalue weighted by Crippen LogP contribution is 2.32. The molecule has 17 heavy (non-hydrogen) atoms. The van der Waals surface area contributed by atoms with E-state index in [-0.39, 0.29) is 17.2 Å². The van der Waals surface area contributed by atoms with Crippen molar-refractivity contribution in [1.82, 2.24) is 10.1 Å². The van der Waals surface area contributed by atoms with Crippen LogP contribution >= 0.6 is 0 Å². The van der Waals surface area contributed by atoms with Crippen molar-refractivity contribution in [2.24, 2.45) is 0 Å². The summed E-state index contributed by atoms with van der Waals surface area (Å²) in [5, 5.41) is 12.3. The van der Waals surface area contributed by atoms with Gasteiger partial charge in [0.1, 0.15) is 5.75 Å². The van der Waals surface area contributed by atoms with Gasteiger partial charge in [0.15, 0.2) is 0 Å². The Hall–Kier alpha value is -2.05. The largest absolute Gasteiger partial charge is 0.507 e. The van der Waals surface area contributed by atoms with Crippen molar-refractivity contribution in [1.29, 1.82) is 0 Å². The summed E-state index contributed by atoms with van der Waals surface area (Å²) < 4.78 is 41.2. The van der Waals surface area contributed by atoms with Crippen LogP contribution in [0.4, 0.5) is 13.2 Å². The number of alkyl halides is 3. The van der Waals surface area contributed by atoms with Gasteiger partial charge in [-0.2, -0.15) is 18.2 Å². The number of halogens is 3. The highest BCUT2D eigenvalue weighted by atomic mass is 19.4. The van der Waals surface area contributed by atoms with Crippen LogP contribution in [0, 0.1) is 6.92 Å². The van der Waals surface area contributed by atoms with Gasteiger partial charge in [-0.05, 0) is 19.1 Å². The minimum absolute atomic E-state index is 0.0769. The van der Waals surface area contributed by atoms with E-state index < -0.39 is 12.0 Å². The van der Waals surface area contributed by atoms with Crippen molar-refractivity contribution >= 4 is 0 Å². The molecule has 2 aromatic rings. The number of benzene rings is 1. The number of aromatic hydroxyl groups is 1. The number of hydrogen-bond donors (Lipinski definition) is 1. The lowest BCUT2D eigenvalue weighted by Crippen LogP contribution is -2.07. The van der Waals surface area contributed by atoms with Gasteiger partial charge in [0.05, 0.1) is 5.56 Å². The Morgan fingerprint density at radius 3 is 2.59 bits per heavy atom. The highest BCUT2D eigenvalue weighted by molar-refractivity contribution is 5.63. The van der Waals surface area contributed by atoms with E-state index in [2.05, 4.69) is 14.7 Å². The van der Waals surface area contributed by atoms with Crippen LogP contribution in [0.1, 0.15) is 11.4 Å². The molecule has 0 saturated carbocycles. The normalized spacial score (nSPS) is 11.8. The maximum atomic E-state index is 12.2. The molecule has 4 nitrogen and oxygen atoms in total. The fourth-order valence-corrected chi connectivity index (χ4v) is 1.27. The van der Waals surface area contributed by atoms with Gasteiger partial charge in [-0.25, -0.2) is 0 Å². The molecule has 0 aliphatic rings. The molecule has 1 aromatic carbocycles. The smallest absolute Gasteiger partial charge is 0.455 e. The van der Waals surface area contributed by atoms with Gasteiger partial charge in [-0.15, -0.1) is 0 Å². The molecule has 0 fully saturated rings. The average Bonchev–Trinajstić information content (AvgIpc) is 2.70. The van der Waals surface area contributed by atoms with Crippen LogP contribution in [-0.4, -0.2) is 15.2 Å². The zero-order valence-electron chi connectivity index (χ0n) is 8.62. The summed E-state index contributed by atoms with van der Waals surface area (Å²) in [5.41, 5.74) is 0.831. The zero-order chi connectivity index (χ0) is 12.6. The number of rotatable bonds is 1. The molecule has 0 spiro atoms. The molecule has 0 aliphatic heterocycles. The van der Waals surface area contributed by atoms with Crippen molar-refractivity contribution in [2.45, 2.75) is 13.1 Å². The molecular weight excluding hydrogens is 237 g/mol. The van der Waals surface area contributed by atoms with E-state index in [0.717, 1.165) is 5.56 Å². The molecule has 0 bridgehead atoms. The summed E-state index contributed by atoms with van der Waals surface area (Å²) in [7, 11) is 0. The molecule has 1 heterocycles. The van der Waals surface area contributed by atoms with E-state index in [1.54, 1.807) is 13.0 Å². The number of aryl methyl sites for hydroxylation is 1. The number of phenolic OH excluding ortho intramolecular Hbond substituents is 1. The summed E-state index contributed by atoms with van der Waals surface area (Å²) in [5.74, 6) is -1.94. The molecule has 90 valence electrons. The zero-order valence-corrected chi connectivity index (χ0v) is 8.62. The third-order valence-corrected chi connectivity index (χ3v) is 2.06. The maximum Gasteiger partial charge on any atom is 0.455 e. The first-order chi connectivity index (χ1) is 7.88. The fourth-order valence-electron chi connectivity index (χ4n) is 1.27. The lowest BCUT2D eigenvalue weighted by atomic mass is 10.1. The molecule has 1 N–H and O–H groups in total. The minimum atomic E-state index is -4.67. The first kappa shape index (κ1) is 11.4. The van der Waals surface area contributed by atoms with Crippen molar-refractivity contribution in [2.75, 3.05) is 0 Å². The second kappa shape index (κ2) is 3.76. The number of nitrogens with zero attached hydrogens (tertiary/aromatic N) is 2. The van der Waals surface area contributed by atoms with Crippen LogP contribution in [0.5, 0.6) is 5.75 Å². The lowest BCUT2D eigenvalue weighted by Gasteiger charge is -2.00. The molecule has 0 atom stereocenters. The van der Waals surface area contributed by atoms with E-state index >= 15 is 0 Å². The summed E-state index contributed by atoms with van der Waals surface area (Å²) >= 11 is 0. The Bertz CT molecular complexity index is 549. The van der Waals surface area contributed by atoms with Crippen molar-refractivity contribution in [3.63, 3.8) is 0 Å². The summed E-state index contributed by atoms with van der Waals surface area (Å²) in [6, 6.07) is 4.42. The Morgan fingerprint density at radius 1 is 1.29 bits per heavy atom. The first-order valence-electron chi connectivity index (χ1n) is 4.59. The Kier molecular flexibility index (Phi) is 2.53. The Morgan fingerprint density at radius 2 is 2.00 bits per heavy atom. The molecule has 0 saturated heterocycles. The highest BCUT2D eigenvalue weighted by Gasteiger charge is 2.37. The van der Waals surface area contributed by atoms with Crippen LogP contribution in [0.3, 0.4) is 0 Å². The number of hydrogen-bond acceptors (Lipinski definition) is 4. The monoisotopic (exact) mass is 244 g/mol. The van der Waals surface area contributed by atoms with Crippen LogP contribution in [0.25, 0.3) is 11.5 Å². The quantitative estimate of drug-likeness (QED) is 0.837. The van der Waals surface area contributed by atoms with E-state index in [9.17, 15) is 18.3 Å². The van der Waals surface area contributed by atoms with Gasteiger partial charge >= 0.3 is 6.18 Å². The van der Waals surface area contributed by atoms with Gasteiger partial charge in [-0.3, -0.25) is 0 Å². The minimum Gasteiger partial charge on any atom is -0.507 e. The van der Waals surface area contributed by atoms with E-state index in [1.807, 2.05) is 0 Å². The maximum absolute atomic E-state index is 12.2. The molecule has 1 aromatic heterocycles. The van der Waals surface area contributed by atoms with Crippen molar-refractivity contribution < 1.29 is 22.8 Å². The second-order valence-electron chi connectivity index (χ2n) is 3.44.